The van der Waals surface area contributed by atoms with Crippen LogP contribution >= 0.6 is 11.8 Å². The third-order valence-electron chi connectivity index (χ3n) is 2.83. The van der Waals surface area contributed by atoms with Gasteiger partial charge in [0.1, 0.15) is 5.25 Å². The lowest BCUT2D eigenvalue weighted by atomic mass is 10.2. The van der Waals surface area contributed by atoms with Crippen LogP contribution in [-0.4, -0.2) is 43.9 Å². The van der Waals surface area contributed by atoms with E-state index in [0.29, 0.717) is 16.7 Å². The molecule has 0 N–H and O–H groups in total. The average molecular weight is 289 g/mol. The van der Waals surface area contributed by atoms with Gasteiger partial charge in [-0.2, -0.15) is 9.78 Å². The number of carbonyl (C=O) groups excluding carboxylic acids is 1. The highest BCUT2D eigenvalue weighted by Gasteiger charge is 2.31. The Morgan fingerprint density at radius 1 is 1.35 bits per heavy atom. The Hall–Kier alpha value is -2.22. The van der Waals surface area contributed by atoms with E-state index in [0.717, 1.165) is 5.56 Å². The van der Waals surface area contributed by atoms with Crippen LogP contribution in [-0.2, 0) is 9.53 Å². The standard InChI is InChI=1S/C12H11N5O2S/c1-7-9(11(18)19-2)20-12-15-14-10(17(12)16-7)8-3-5-13-6-4-8/h3-6,9H,1-2H3. The molecule has 2 aromatic heterocycles. The largest absolute Gasteiger partial charge is 0.468 e. The minimum atomic E-state index is -0.470. The molecular weight excluding hydrogens is 278 g/mol. The molecule has 0 saturated heterocycles. The normalized spacial score (nSPS) is 17.3. The molecule has 0 spiro atoms. The van der Waals surface area contributed by atoms with Gasteiger partial charge in [0.05, 0.1) is 12.8 Å². The van der Waals surface area contributed by atoms with Crippen LogP contribution in [0.3, 0.4) is 0 Å². The van der Waals surface area contributed by atoms with Crippen LogP contribution in [0.2, 0.25) is 0 Å². The highest BCUT2D eigenvalue weighted by atomic mass is 32.2. The summed E-state index contributed by atoms with van der Waals surface area (Å²) in [6.45, 7) is 1.79. The first-order chi connectivity index (χ1) is 9.70. The highest BCUT2D eigenvalue weighted by Crippen LogP contribution is 2.31. The number of esters is 1. The number of aromatic nitrogens is 4. The van der Waals surface area contributed by atoms with Crippen molar-refractivity contribution < 1.29 is 9.53 Å². The monoisotopic (exact) mass is 289 g/mol. The molecule has 0 fully saturated rings. The molecular formula is C12H11N5O2S. The molecule has 0 aromatic carbocycles. The maximum atomic E-state index is 11.7. The molecule has 3 heterocycles. The van der Waals surface area contributed by atoms with Gasteiger partial charge in [0, 0.05) is 18.0 Å². The number of thioether (sulfide) groups is 1. The van der Waals surface area contributed by atoms with Crippen molar-refractivity contribution in [2.45, 2.75) is 17.3 Å². The summed E-state index contributed by atoms with van der Waals surface area (Å²) >= 11 is 1.28. The predicted molar refractivity (Wildman–Crippen MR) is 73.4 cm³/mol. The number of methoxy groups -OCH3 is 1. The Balaban J connectivity index is 2.02. The highest BCUT2D eigenvalue weighted by molar-refractivity contribution is 8.01. The smallest absolute Gasteiger partial charge is 0.325 e. The molecule has 1 unspecified atom stereocenters. The zero-order chi connectivity index (χ0) is 14.1. The molecule has 0 aliphatic carbocycles. The quantitative estimate of drug-likeness (QED) is 0.773. The lowest BCUT2D eigenvalue weighted by Gasteiger charge is -2.18. The van der Waals surface area contributed by atoms with Crippen molar-refractivity contribution in [3.63, 3.8) is 0 Å². The van der Waals surface area contributed by atoms with Crippen LogP contribution in [0.15, 0.2) is 34.8 Å². The zero-order valence-electron chi connectivity index (χ0n) is 10.8. The molecule has 0 radical (unpaired) electrons. The molecule has 20 heavy (non-hydrogen) atoms. The van der Waals surface area contributed by atoms with E-state index in [2.05, 4.69) is 20.3 Å². The summed E-state index contributed by atoms with van der Waals surface area (Å²) in [6.07, 6.45) is 3.36. The van der Waals surface area contributed by atoms with Gasteiger partial charge in [0.15, 0.2) is 5.82 Å². The van der Waals surface area contributed by atoms with E-state index in [4.69, 9.17) is 4.74 Å². The van der Waals surface area contributed by atoms with Crippen LogP contribution in [0.4, 0.5) is 0 Å². The van der Waals surface area contributed by atoms with Gasteiger partial charge in [-0.15, -0.1) is 10.2 Å². The van der Waals surface area contributed by atoms with Crippen molar-refractivity contribution >= 4 is 23.4 Å². The second kappa shape index (κ2) is 5.04. The second-order valence-electron chi connectivity index (χ2n) is 4.12. The third kappa shape index (κ3) is 2.07. The number of carbonyl (C=O) groups is 1. The number of hydrogen-bond donors (Lipinski definition) is 0. The van der Waals surface area contributed by atoms with Crippen LogP contribution in [0, 0.1) is 0 Å². The molecule has 3 rings (SSSR count). The van der Waals surface area contributed by atoms with Gasteiger partial charge in [-0.3, -0.25) is 9.78 Å². The van der Waals surface area contributed by atoms with Crippen molar-refractivity contribution in [1.82, 2.24) is 19.9 Å². The molecule has 1 aliphatic rings. The van der Waals surface area contributed by atoms with E-state index >= 15 is 0 Å². The summed E-state index contributed by atoms with van der Waals surface area (Å²) in [6, 6.07) is 3.67. The lowest BCUT2D eigenvalue weighted by molar-refractivity contribution is -0.138. The number of ether oxygens (including phenoxy) is 1. The zero-order valence-corrected chi connectivity index (χ0v) is 11.7. The summed E-state index contributed by atoms with van der Waals surface area (Å²) in [7, 11) is 1.36. The van der Waals surface area contributed by atoms with E-state index in [-0.39, 0.29) is 5.97 Å². The molecule has 7 nitrogen and oxygen atoms in total. The maximum Gasteiger partial charge on any atom is 0.325 e. The van der Waals surface area contributed by atoms with E-state index < -0.39 is 5.25 Å². The van der Waals surface area contributed by atoms with Gasteiger partial charge < -0.3 is 4.74 Å². The number of nitrogens with zero attached hydrogens (tertiary/aromatic N) is 5. The lowest BCUT2D eigenvalue weighted by Crippen LogP contribution is -2.30. The topological polar surface area (TPSA) is 82.3 Å². The van der Waals surface area contributed by atoms with Crippen LogP contribution in [0.1, 0.15) is 6.92 Å². The first-order valence-corrected chi connectivity index (χ1v) is 6.74. The summed E-state index contributed by atoms with van der Waals surface area (Å²) in [4.78, 5) is 15.6. The summed E-state index contributed by atoms with van der Waals surface area (Å²) in [5.74, 6) is 0.286. The SMILES string of the molecule is COC(=O)C1Sc2nnc(-c3ccncc3)n2N=C1C. The van der Waals surface area contributed by atoms with Crippen molar-refractivity contribution in [3.8, 4) is 11.4 Å². The average Bonchev–Trinajstić information content (AvgIpc) is 2.89. The van der Waals surface area contributed by atoms with E-state index in [1.165, 1.54) is 18.9 Å². The van der Waals surface area contributed by atoms with Gasteiger partial charge in [0.2, 0.25) is 5.16 Å². The van der Waals surface area contributed by atoms with Crippen molar-refractivity contribution in [1.29, 1.82) is 0 Å². The first kappa shape index (κ1) is 12.8. The number of fused-ring (bicyclic) bond motifs is 1. The minimum Gasteiger partial charge on any atom is -0.468 e. The number of hydrogen-bond acceptors (Lipinski definition) is 7. The fourth-order valence-corrected chi connectivity index (χ4v) is 2.77. The molecule has 2 aromatic rings. The van der Waals surface area contributed by atoms with E-state index in [1.807, 2.05) is 12.1 Å². The second-order valence-corrected chi connectivity index (χ2v) is 5.19. The molecule has 8 heteroatoms. The van der Waals surface area contributed by atoms with Gasteiger partial charge in [-0.1, -0.05) is 11.8 Å². The van der Waals surface area contributed by atoms with Crippen molar-refractivity contribution in [2.24, 2.45) is 5.10 Å². The summed E-state index contributed by atoms with van der Waals surface area (Å²) in [5, 5.41) is 12.7. The van der Waals surface area contributed by atoms with Gasteiger partial charge >= 0.3 is 5.97 Å². The van der Waals surface area contributed by atoms with E-state index in [9.17, 15) is 4.79 Å². The Kier molecular flexibility index (Phi) is 3.23. The predicted octanol–water partition coefficient (Wildman–Crippen LogP) is 1.21. The van der Waals surface area contributed by atoms with E-state index in [1.54, 1.807) is 24.0 Å². The van der Waals surface area contributed by atoms with Gasteiger partial charge in [-0.05, 0) is 19.1 Å². The Bertz CT molecular complexity index is 682. The van der Waals surface area contributed by atoms with Crippen LogP contribution in [0.5, 0.6) is 0 Å². The fourth-order valence-electron chi connectivity index (χ4n) is 1.84. The molecule has 102 valence electrons. The molecule has 0 bridgehead atoms. The fraction of sp³-hybridized carbons (Fsp3) is 0.250. The summed E-state index contributed by atoms with van der Waals surface area (Å²) in [5.41, 5.74) is 1.52. The molecule has 1 atom stereocenters. The Morgan fingerprint density at radius 3 is 2.80 bits per heavy atom. The van der Waals surface area contributed by atoms with Crippen molar-refractivity contribution in [2.75, 3.05) is 7.11 Å². The van der Waals surface area contributed by atoms with Crippen LogP contribution < -0.4 is 0 Å². The minimum absolute atomic E-state index is 0.337. The first-order valence-electron chi connectivity index (χ1n) is 5.86. The summed E-state index contributed by atoms with van der Waals surface area (Å²) < 4.78 is 6.39. The Labute approximate surface area is 119 Å². The molecule has 1 aliphatic heterocycles. The van der Waals surface area contributed by atoms with Gasteiger partial charge in [0.25, 0.3) is 0 Å². The van der Waals surface area contributed by atoms with Gasteiger partial charge in [-0.25, -0.2) is 0 Å². The third-order valence-corrected chi connectivity index (χ3v) is 4.06. The number of pyridine rings is 1. The number of rotatable bonds is 2. The van der Waals surface area contributed by atoms with Crippen LogP contribution in [0.25, 0.3) is 11.4 Å². The Morgan fingerprint density at radius 2 is 2.10 bits per heavy atom. The molecule has 0 amide bonds. The molecule has 0 saturated carbocycles. The maximum absolute atomic E-state index is 11.7. The van der Waals surface area contributed by atoms with Crippen molar-refractivity contribution in [3.05, 3.63) is 24.5 Å².